The van der Waals surface area contributed by atoms with E-state index in [-0.39, 0.29) is 0 Å². The Kier molecular flexibility index (Phi) is 2.92. The molecule has 0 aromatic rings. The van der Waals surface area contributed by atoms with E-state index in [1.165, 1.54) is 0 Å². The molecule has 0 aromatic carbocycles. The van der Waals surface area contributed by atoms with Gasteiger partial charge in [0.05, 0.1) is 26.3 Å². The molecule has 0 spiro atoms. The summed E-state index contributed by atoms with van der Waals surface area (Å²) in [5, 5.41) is 0. The van der Waals surface area contributed by atoms with Crippen LogP contribution < -0.4 is 0 Å². The van der Waals surface area contributed by atoms with Gasteiger partial charge < -0.3 is 9.47 Å². The number of hydrogen-bond acceptors (Lipinski definition) is 4. The minimum atomic E-state index is 0.688. The molecular weight excluding hydrogens is 168 g/mol. The monoisotopic (exact) mass is 182 g/mol. The lowest BCUT2D eigenvalue weighted by Crippen LogP contribution is -2.18. The Labute approximate surface area is 77.7 Å². The fourth-order valence-corrected chi connectivity index (χ4v) is 1.44. The molecule has 0 radical (unpaired) electrons. The largest absolute Gasteiger partial charge is 0.479 e. The SMILES string of the molecule is C1COCC(CCC2=NCCO2)=N1. The lowest BCUT2D eigenvalue weighted by atomic mass is 10.2. The van der Waals surface area contributed by atoms with Crippen molar-refractivity contribution in [3.8, 4) is 0 Å². The smallest absolute Gasteiger partial charge is 0.183 e. The van der Waals surface area contributed by atoms with Crippen molar-refractivity contribution in [1.29, 1.82) is 0 Å². The normalized spacial score (nSPS) is 22.2. The molecule has 0 amide bonds. The molecule has 0 N–H and O–H groups in total. The summed E-state index contributed by atoms with van der Waals surface area (Å²) in [6, 6.07) is 0. The maximum atomic E-state index is 5.30. The van der Waals surface area contributed by atoms with Crippen molar-refractivity contribution in [2.24, 2.45) is 9.98 Å². The molecule has 4 nitrogen and oxygen atoms in total. The minimum absolute atomic E-state index is 0.688. The van der Waals surface area contributed by atoms with Crippen LogP contribution in [0.25, 0.3) is 0 Å². The van der Waals surface area contributed by atoms with Gasteiger partial charge in [-0.3, -0.25) is 9.98 Å². The van der Waals surface area contributed by atoms with Crippen molar-refractivity contribution >= 4 is 11.6 Å². The van der Waals surface area contributed by atoms with Gasteiger partial charge in [0, 0.05) is 12.1 Å². The summed E-state index contributed by atoms with van der Waals surface area (Å²) in [5.74, 6) is 0.883. The van der Waals surface area contributed by atoms with Crippen LogP contribution in [-0.4, -0.2) is 44.5 Å². The lowest BCUT2D eigenvalue weighted by Gasteiger charge is -2.12. The molecule has 0 saturated carbocycles. The molecular formula is C9H14N2O2. The van der Waals surface area contributed by atoms with Gasteiger partial charge >= 0.3 is 0 Å². The van der Waals surface area contributed by atoms with Gasteiger partial charge in [0.2, 0.25) is 0 Å². The van der Waals surface area contributed by atoms with Gasteiger partial charge in [-0.2, -0.15) is 0 Å². The molecule has 2 aliphatic rings. The third-order valence-corrected chi connectivity index (χ3v) is 2.12. The highest BCUT2D eigenvalue weighted by atomic mass is 16.5. The Morgan fingerprint density at radius 1 is 1.08 bits per heavy atom. The molecule has 2 rings (SSSR count). The van der Waals surface area contributed by atoms with E-state index in [0.29, 0.717) is 6.61 Å². The first kappa shape index (κ1) is 8.69. The van der Waals surface area contributed by atoms with Crippen LogP contribution in [-0.2, 0) is 9.47 Å². The Morgan fingerprint density at radius 3 is 2.69 bits per heavy atom. The van der Waals surface area contributed by atoms with Crippen molar-refractivity contribution < 1.29 is 9.47 Å². The minimum Gasteiger partial charge on any atom is -0.479 e. The maximum absolute atomic E-state index is 5.30. The molecule has 0 bridgehead atoms. The van der Waals surface area contributed by atoms with E-state index >= 15 is 0 Å². The predicted octanol–water partition coefficient (Wildman–Crippen LogP) is 0.667. The molecule has 0 fully saturated rings. The van der Waals surface area contributed by atoms with Crippen LogP contribution in [0.4, 0.5) is 0 Å². The summed E-state index contributed by atoms with van der Waals surface area (Å²) in [6.45, 7) is 3.83. The summed E-state index contributed by atoms with van der Waals surface area (Å²) in [4.78, 5) is 8.59. The average Bonchev–Trinajstić information content (AvgIpc) is 2.69. The number of nitrogens with zero attached hydrogens (tertiary/aromatic N) is 2. The van der Waals surface area contributed by atoms with Crippen LogP contribution in [0.1, 0.15) is 12.8 Å². The van der Waals surface area contributed by atoms with Gasteiger partial charge in [0.15, 0.2) is 5.90 Å². The van der Waals surface area contributed by atoms with Gasteiger partial charge in [-0.15, -0.1) is 0 Å². The van der Waals surface area contributed by atoms with E-state index in [1.54, 1.807) is 0 Å². The molecule has 0 aliphatic carbocycles. The Balaban J connectivity index is 1.74. The number of aliphatic imine (C=N–C) groups is 2. The van der Waals surface area contributed by atoms with Crippen molar-refractivity contribution in [2.75, 3.05) is 32.9 Å². The van der Waals surface area contributed by atoms with Gasteiger partial charge in [0.25, 0.3) is 0 Å². The topological polar surface area (TPSA) is 43.2 Å². The fourth-order valence-electron chi connectivity index (χ4n) is 1.44. The first-order valence-corrected chi connectivity index (χ1v) is 4.71. The fraction of sp³-hybridized carbons (Fsp3) is 0.778. The number of ether oxygens (including phenoxy) is 2. The molecule has 13 heavy (non-hydrogen) atoms. The third kappa shape index (κ3) is 2.52. The lowest BCUT2D eigenvalue weighted by molar-refractivity contribution is 0.169. The van der Waals surface area contributed by atoms with Crippen LogP contribution in [0.5, 0.6) is 0 Å². The Morgan fingerprint density at radius 2 is 2.00 bits per heavy atom. The van der Waals surface area contributed by atoms with Crippen molar-refractivity contribution in [1.82, 2.24) is 0 Å². The molecule has 0 aromatic heterocycles. The van der Waals surface area contributed by atoms with Crippen LogP contribution >= 0.6 is 0 Å². The summed E-state index contributed by atoms with van der Waals surface area (Å²) in [6.07, 6.45) is 1.81. The van der Waals surface area contributed by atoms with Crippen molar-refractivity contribution in [3.05, 3.63) is 0 Å². The summed E-state index contributed by atoms with van der Waals surface area (Å²) < 4.78 is 10.6. The zero-order valence-corrected chi connectivity index (χ0v) is 7.66. The molecule has 2 heterocycles. The Hall–Kier alpha value is -0.900. The molecule has 0 saturated heterocycles. The second-order valence-corrected chi connectivity index (χ2v) is 3.12. The number of rotatable bonds is 3. The van der Waals surface area contributed by atoms with Gasteiger partial charge in [0.1, 0.15) is 6.61 Å². The molecule has 0 atom stereocenters. The highest BCUT2D eigenvalue weighted by Crippen LogP contribution is 2.05. The van der Waals surface area contributed by atoms with E-state index in [4.69, 9.17) is 9.47 Å². The standard InChI is InChI=1S/C9H14N2O2/c1(2-9-11-4-6-13-9)8-7-12-5-3-10-8/h1-7H2. The average molecular weight is 182 g/mol. The van der Waals surface area contributed by atoms with Crippen molar-refractivity contribution in [2.45, 2.75) is 12.8 Å². The molecule has 0 unspecified atom stereocenters. The van der Waals surface area contributed by atoms with E-state index in [2.05, 4.69) is 9.98 Å². The van der Waals surface area contributed by atoms with E-state index in [0.717, 1.165) is 50.8 Å². The van der Waals surface area contributed by atoms with Crippen LogP contribution in [0.15, 0.2) is 9.98 Å². The van der Waals surface area contributed by atoms with Gasteiger partial charge in [-0.1, -0.05) is 0 Å². The van der Waals surface area contributed by atoms with Crippen LogP contribution in [0.2, 0.25) is 0 Å². The second kappa shape index (κ2) is 4.37. The first-order valence-electron chi connectivity index (χ1n) is 4.71. The third-order valence-electron chi connectivity index (χ3n) is 2.12. The van der Waals surface area contributed by atoms with Crippen LogP contribution in [0.3, 0.4) is 0 Å². The van der Waals surface area contributed by atoms with Crippen LogP contribution in [0, 0.1) is 0 Å². The molecule has 72 valence electrons. The second-order valence-electron chi connectivity index (χ2n) is 3.12. The zero-order valence-electron chi connectivity index (χ0n) is 7.66. The Bertz CT molecular complexity index is 236. The summed E-state index contributed by atoms with van der Waals surface area (Å²) in [5.41, 5.74) is 1.14. The van der Waals surface area contributed by atoms with Gasteiger partial charge in [-0.05, 0) is 6.42 Å². The predicted molar refractivity (Wildman–Crippen MR) is 50.6 cm³/mol. The quantitative estimate of drug-likeness (QED) is 0.643. The van der Waals surface area contributed by atoms with E-state index in [1.807, 2.05) is 0 Å². The molecule has 2 aliphatic heterocycles. The highest BCUT2D eigenvalue weighted by Gasteiger charge is 2.10. The first-order chi connectivity index (χ1) is 6.45. The zero-order chi connectivity index (χ0) is 8.93. The van der Waals surface area contributed by atoms with Gasteiger partial charge in [-0.25, -0.2) is 0 Å². The van der Waals surface area contributed by atoms with E-state index in [9.17, 15) is 0 Å². The maximum Gasteiger partial charge on any atom is 0.183 e. The number of hydrogen-bond donors (Lipinski definition) is 0. The summed E-state index contributed by atoms with van der Waals surface area (Å²) >= 11 is 0. The molecule has 4 heteroatoms. The summed E-state index contributed by atoms with van der Waals surface area (Å²) in [7, 11) is 0. The van der Waals surface area contributed by atoms with E-state index < -0.39 is 0 Å². The van der Waals surface area contributed by atoms with Crippen molar-refractivity contribution in [3.63, 3.8) is 0 Å². The highest BCUT2D eigenvalue weighted by molar-refractivity contribution is 5.90.